The Morgan fingerprint density at radius 3 is 2.61 bits per heavy atom. The van der Waals surface area contributed by atoms with Crippen LogP contribution >= 0.6 is 13.5 Å². The Hall–Kier alpha value is -2.26. The van der Waals surface area contributed by atoms with E-state index in [4.69, 9.17) is 10.5 Å². The maximum absolute atomic E-state index is 14.3. The first kappa shape index (κ1) is 22.0. The minimum atomic E-state index is -3.04. The first-order valence-electron chi connectivity index (χ1n) is 8.30. The van der Waals surface area contributed by atoms with Crippen molar-refractivity contribution in [1.82, 2.24) is 4.90 Å². The van der Waals surface area contributed by atoms with Gasteiger partial charge in [0.2, 0.25) is 5.91 Å². The van der Waals surface area contributed by atoms with Crippen LogP contribution in [0.25, 0.3) is 0 Å². The van der Waals surface area contributed by atoms with Gasteiger partial charge in [0.05, 0.1) is 12.6 Å². The highest BCUT2D eigenvalue weighted by molar-refractivity contribution is 7.59. The molecule has 0 unspecified atom stereocenters. The summed E-state index contributed by atoms with van der Waals surface area (Å²) in [7, 11) is 0. The minimum absolute atomic E-state index is 0. The van der Waals surface area contributed by atoms with E-state index < -0.39 is 42.5 Å². The Morgan fingerprint density at radius 1 is 1.21 bits per heavy atom. The minimum Gasteiger partial charge on any atom is -0.489 e. The SMILES string of the molecule is NC(=O)[C@@H]1CC(F)(F)CN1Cc1ccc(OCc2cccc(F)c2)cc1F.S. The van der Waals surface area contributed by atoms with Crippen LogP contribution in [0.3, 0.4) is 0 Å². The molecule has 1 saturated heterocycles. The Morgan fingerprint density at radius 2 is 1.96 bits per heavy atom. The Kier molecular flexibility index (Phi) is 6.95. The lowest BCUT2D eigenvalue weighted by molar-refractivity contribution is -0.122. The Labute approximate surface area is 166 Å². The van der Waals surface area contributed by atoms with Crippen molar-refractivity contribution in [3.05, 3.63) is 65.2 Å². The van der Waals surface area contributed by atoms with Gasteiger partial charge in [0.25, 0.3) is 5.92 Å². The molecule has 152 valence electrons. The van der Waals surface area contributed by atoms with E-state index in [0.29, 0.717) is 5.56 Å². The number of alkyl halides is 2. The van der Waals surface area contributed by atoms with Crippen LogP contribution in [0, 0.1) is 11.6 Å². The highest BCUT2D eigenvalue weighted by Gasteiger charge is 2.47. The molecule has 2 aromatic carbocycles. The second-order valence-corrected chi connectivity index (χ2v) is 6.56. The van der Waals surface area contributed by atoms with Crippen LogP contribution in [0.4, 0.5) is 17.6 Å². The molecule has 3 rings (SSSR count). The molecule has 0 bridgehead atoms. The molecule has 9 heteroatoms. The quantitative estimate of drug-likeness (QED) is 0.735. The number of hydrogen-bond donors (Lipinski definition) is 1. The number of primary amides is 1. The molecule has 2 N–H and O–H groups in total. The molecular weight excluding hydrogens is 396 g/mol. The molecule has 1 fully saturated rings. The fourth-order valence-electron chi connectivity index (χ4n) is 3.09. The van der Waals surface area contributed by atoms with Gasteiger partial charge in [0.15, 0.2) is 0 Å². The van der Waals surface area contributed by atoms with E-state index in [2.05, 4.69) is 0 Å². The number of nitrogens with zero attached hydrogens (tertiary/aromatic N) is 1. The number of carbonyl (C=O) groups is 1. The third kappa shape index (κ3) is 5.39. The number of halogens is 4. The number of carbonyl (C=O) groups excluding carboxylic acids is 1. The second kappa shape index (κ2) is 8.83. The summed E-state index contributed by atoms with van der Waals surface area (Å²) in [6, 6.07) is 8.71. The average molecular weight is 416 g/mol. The molecule has 1 aliphatic rings. The van der Waals surface area contributed by atoms with Gasteiger partial charge in [0.1, 0.15) is 24.0 Å². The zero-order valence-corrected chi connectivity index (χ0v) is 15.8. The van der Waals surface area contributed by atoms with Gasteiger partial charge in [-0.25, -0.2) is 17.6 Å². The molecule has 28 heavy (non-hydrogen) atoms. The van der Waals surface area contributed by atoms with Crippen molar-refractivity contribution in [2.45, 2.75) is 31.5 Å². The van der Waals surface area contributed by atoms with Gasteiger partial charge in [-0.3, -0.25) is 9.69 Å². The maximum atomic E-state index is 14.3. The summed E-state index contributed by atoms with van der Waals surface area (Å²) in [4.78, 5) is 12.6. The summed E-state index contributed by atoms with van der Waals surface area (Å²) in [6.07, 6.45) is -0.668. The summed E-state index contributed by atoms with van der Waals surface area (Å²) in [6.45, 7) is -0.768. The molecule has 0 spiro atoms. The largest absolute Gasteiger partial charge is 0.489 e. The van der Waals surface area contributed by atoms with Crippen molar-refractivity contribution < 1.29 is 27.1 Å². The van der Waals surface area contributed by atoms with Gasteiger partial charge in [-0.1, -0.05) is 18.2 Å². The topological polar surface area (TPSA) is 55.6 Å². The highest BCUT2D eigenvalue weighted by Crippen LogP contribution is 2.33. The predicted octanol–water partition coefficient (Wildman–Crippen LogP) is 3.35. The van der Waals surface area contributed by atoms with Crippen molar-refractivity contribution >= 4 is 19.4 Å². The van der Waals surface area contributed by atoms with Crippen molar-refractivity contribution in [1.29, 1.82) is 0 Å². The van der Waals surface area contributed by atoms with Gasteiger partial charge >= 0.3 is 0 Å². The van der Waals surface area contributed by atoms with Crippen LogP contribution in [-0.2, 0) is 17.9 Å². The van der Waals surface area contributed by atoms with Crippen molar-refractivity contribution in [2.24, 2.45) is 5.73 Å². The molecular formula is C19H20F4N2O2S. The number of rotatable bonds is 6. The lowest BCUT2D eigenvalue weighted by atomic mass is 10.1. The van der Waals surface area contributed by atoms with Crippen molar-refractivity contribution in [3.63, 3.8) is 0 Å². The number of ether oxygens (including phenoxy) is 1. The number of hydrogen-bond acceptors (Lipinski definition) is 3. The van der Waals surface area contributed by atoms with E-state index in [1.807, 2.05) is 0 Å². The van der Waals surface area contributed by atoms with E-state index in [-0.39, 0.29) is 38.0 Å². The zero-order valence-electron chi connectivity index (χ0n) is 14.8. The molecule has 0 aromatic heterocycles. The molecule has 1 heterocycles. The van der Waals surface area contributed by atoms with Gasteiger partial charge in [-0.2, -0.15) is 13.5 Å². The molecule has 1 amide bonds. The van der Waals surface area contributed by atoms with Gasteiger partial charge < -0.3 is 10.5 Å². The summed E-state index contributed by atoms with van der Waals surface area (Å²) in [5.74, 6) is -4.72. The van der Waals surface area contributed by atoms with Gasteiger partial charge in [-0.15, -0.1) is 0 Å². The molecule has 4 nitrogen and oxygen atoms in total. The van der Waals surface area contributed by atoms with Crippen LogP contribution in [-0.4, -0.2) is 29.3 Å². The standard InChI is InChI=1S/C19H18F4N2O2.H2S/c20-14-3-1-2-12(6-14)10-27-15-5-4-13(16(21)7-15)9-25-11-19(22,23)8-17(25)18(24)26;/h1-7,17H,8-11H2,(H2,24,26);1H2/t17-;/m0./s1. The lowest BCUT2D eigenvalue weighted by Crippen LogP contribution is -2.39. The summed E-state index contributed by atoms with van der Waals surface area (Å²) >= 11 is 0. The highest BCUT2D eigenvalue weighted by atomic mass is 32.1. The van der Waals surface area contributed by atoms with Crippen LogP contribution in [0.1, 0.15) is 17.5 Å². The van der Waals surface area contributed by atoms with E-state index >= 15 is 0 Å². The van der Waals surface area contributed by atoms with Crippen LogP contribution in [0.15, 0.2) is 42.5 Å². The van der Waals surface area contributed by atoms with Crippen LogP contribution in [0.5, 0.6) is 5.75 Å². The van der Waals surface area contributed by atoms with Crippen LogP contribution < -0.4 is 10.5 Å². The van der Waals surface area contributed by atoms with Gasteiger partial charge in [0, 0.05) is 24.6 Å². The predicted molar refractivity (Wildman–Crippen MR) is 100 cm³/mol. The second-order valence-electron chi connectivity index (χ2n) is 6.56. The fraction of sp³-hybridized carbons (Fsp3) is 0.316. The maximum Gasteiger partial charge on any atom is 0.262 e. The van der Waals surface area contributed by atoms with Crippen LogP contribution in [0.2, 0.25) is 0 Å². The molecule has 1 atom stereocenters. The summed E-state index contributed by atoms with van der Waals surface area (Å²) < 4.78 is 60.1. The fourth-order valence-corrected chi connectivity index (χ4v) is 3.09. The molecule has 0 radical (unpaired) electrons. The van der Waals surface area contributed by atoms with Crippen molar-refractivity contribution in [3.8, 4) is 5.75 Å². The number of nitrogens with two attached hydrogens (primary N) is 1. The Balaban J connectivity index is 0.00000280. The first-order chi connectivity index (χ1) is 12.7. The first-order valence-corrected chi connectivity index (χ1v) is 8.30. The zero-order chi connectivity index (χ0) is 19.6. The summed E-state index contributed by atoms with van der Waals surface area (Å²) in [5.41, 5.74) is 5.91. The lowest BCUT2D eigenvalue weighted by Gasteiger charge is -2.21. The van der Waals surface area contributed by atoms with E-state index in [1.165, 1.54) is 29.2 Å². The van der Waals surface area contributed by atoms with E-state index in [9.17, 15) is 22.4 Å². The van der Waals surface area contributed by atoms with Crippen molar-refractivity contribution in [2.75, 3.05) is 6.54 Å². The third-order valence-electron chi connectivity index (χ3n) is 4.39. The summed E-state index contributed by atoms with van der Waals surface area (Å²) in [5, 5.41) is 0. The third-order valence-corrected chi connectivity index (χ3v) is 4.39. The smallest absolute Gasteiger partial charge is 0.262 e. The van der Waals surface area contributed by atoms with Gasteiger partial charge in [-0.05, 0) is 23.8 Å². The Bertz CT molecular complexity index is 850. The molecule has 0 aliphatic carbocycles. The number of likely N-dealkylation sites (tertiary alicyclic amines) is 1. The van der Waals surface area contributed by atoms with E-state index in [1.54, 1.807) is 12.1 Å². The van der Waals surface area contributed by atoms with E-state index in [0.717, 1.165) is 6.07 Å². The molecule has 0 saturated carbocycles. The monoisotopic (exact) mass is 416 g/mol. The molecule has 1 aliphatic heterocycles. The number of amides is 1. The number of benzene rings is 2. The normalized spacial score (nSPS) is 18.5. The average Bonchev–Trinajstić information content (AvgIpc) is 2.90. The molecule has 2 aromatic rings.